The summed E-state index contributed by atoms with van der Waals surface area (Å²) in [4.78, 5) is 6.06. The molecule has 0 atom stereocenters. The first-order valence-electron chi connectivity index (χ1n) is 7.43. The fourth-order valence-electron chi connectivity index (χ4n) is 2.65. The molecule has 9 heteroatoms. The van der Waals surface area contributed by atoms with E-state index in [2.05, 4.69) is 54.2 Å². The van der Waals surface area contributed by atoms with Crippen LogP contribution in [0.2, 0.25) is 0 Å². The number of aryl methyl sites for hydroxylation is 2. The molecule has 0 saturated carbocycles. The number of aromatic nitrogens is 2. The van der Waals surface area contributed by atoms with E-state index in [1.54, 1.807) is 0 Å². The van der Waals surface area contributed by atoms with Crippen molar-refractivity contribution >= 4 is 57.5 Å². The van der Waals surface area contributed by atoms with Crippen LogP contribution in [0.1, 0.15) is 11.1 Å². The van der Waals surface area contributed by atoms with E-state index in [4.69, 9.17) is 5.73 Å². The van der Waals surface area contributed by atoms with Gasteiger partial charge in [0.1, 0.15) is 11.6 Å². The number of aromatic amines is 2. The summed E-state index contributed by atoms with van der Waals surface area (Å²) in [5, 5.41) is 1.79. The van der Waals surface area contributed by atoms with Crippen molar-refractivity contribution < 1.29 is 23.0 Å². The normalized spacial score (nSPS) is 9.93. The summed E-state index contributed by atoms with van der Waals surface area (Å²) >= 11 is 9.79. The molecule has 0 amide bonds. The second kappa shape index (κ2) is 10.2. The molecule has 0 spiro atoms. The molecule has 0 saturated heterocycles. The van der Waals surface area contributed by atoms with Gasteiger partial charge in [0.25, 0.3) is 0 Å². The van der Waals surface area contributed by atoms with Gasteiger partial charge in [-0.3, -0.25) is 0 Å². The van der Waals surface area contributed by atoms with Crippen LogP contribution in [0.3, 0.4) is 0 Å². The van der Waals surface area contributed by atoms with Gasteiger partial charge in [-0.2, -0.15) is 0 Å². The van der Waals surface area contributed by atoms with Crippen molar-refractivity contribution in [3.63, 3.8) is 0 Å². The number of anilines is 1. The first kappa shape index (κ1) is 23.7. The maximum absolute atomic E-state index is 12.9. The number of fused-ring (bicyclic) bond motifs is 2. The standard InChI is InChI=1S/C9H7BrFN.C9H9FN2.BrH.Cu.H3N/c1-5-4-12-9-7(5)2-6(11)3-8(9)10;1-5-4-12-9-7(5)2-6(10)3-8(9)11;;;/h2-4,12H,1H3;2-4,12H,11H2,1H3;1H;;1H3/q;;;+1;/p-1. The van der Waals surface area contributed by atoms with Crippen molar-refractivity contribution in [3.05, 3.63) is 63.9 Å². The van der Waals surface area contributed by atoms with E-state index in [0.29, 0.717) is 5.69 Å². The van der Waals surface area contributed by atoms with Crippen LogP contribution in [0.25, 0.3) is 21.8 Å². The maximum atomic E-state index is 12.9. The predicted molar refractivity (Wildman–Crippen MR) is 112 cm³/mol. The minimum atomic E-state index is -0.289. The Labute approximate surface area is 179 Å². The van der Waals surface area contributed by atoms with Crippen LogP contribution in [-0.4, -0.2) is 9.97 Å². The van der Waals surface area contributed by atoms with Crippen LogP contribution in [0.15, 0.2) is 41.1 Å². The van der Waals surface area contributed by atoms with E-state index in [1.807, 2.05) is 26.2 Å². The number of halogens is 4. The van der Waals surface area contributed by atoms with E-state index in [0.717, 1.165) is 37.4 Å². The summed E-state index contributed by atoms with van der Waals surface area (Å²) in [5.41, 5.74) is 9.89. The van der Waals surface area contributed by atoms with E-state index in [9.17, 15) is 8.78 Å². The van der Waals surface area contributed by atoms with Crippen molar-refractivity contribution in [2.24, 2.45) is 0 Å². The summed E-state index contributed by atoms with van der Waals surface area (Å²) in [5.74, 6) is -0.500. The average Bonchev–Trinajstić information content (AvgIpc) is 3.15. The number of hydrogen-bond donors (Lipinski definition) is 4. The van der Waals surface area contributed by atoms with Gasteiger partial charge in [-0.15, -0.1) is 0 Å². The Bertz CT molecular complexity index is 963. The molecule has 4 nitrogen and oxygen atoms in total. The van der Waals surface area contributed by atoms with Crippen LogP contribution in [-0.2, 0) is 14.2 Å². The third-order valence-electron chi connectivity index (χ3n) is 3.90. The van der Waals surface area contributed by atoms with Crippen molar-refractivity contribution in [2.45, 2.75) is 13.8 Å². The van der Waals surface area contributed by atoms with Crippen LogP contribution < -0.4 is 11.9 Å². The van der Waals surface area contributed by atoms with E-state index in [1.165, 1.54) is 24.3 Å². The molecule has 0 aliphatic heterocycles. The SMILES string of the molecule is Cc1c[nH]c2c(Br)cc(F)cc12.Cc1c[nH]c2c(N)cc(F)cc12.N.[Cu][Br]. The molecular formula is C18H19Br2CuF2N4. The van der Waals surface area contributed by atoms with Crippen molar-refractivity contribution in [3.8, 4) is 0 Å². The number of nitrogens with two attached hydrogens (primary N) is 1. The zero-order valence-electron chi connectivity index (χ0n) is 14.6. The van der Waals surface area contributed by atoms with Gasteiger partial charge in [0, 0.05) is 27.6 Å². The van der Waals surface area contributed by atoms with Gasteiger partial charge in [-0.05, 0) is 65.2 Å². The van der Waals surface area contributed by atoms with Crippen molar-refractivity contribution in [2.75, 3.05) is 5.73 Å². The van der Waals surface area contributed by atoms with Crippen LogP contribution in [0.4, 0.5) is 14.5 Å². The Morgan fingerprint density at radius 1 is 0.852 bits per heavy atom. The van der Waals surface area contributed by atoms with Gasteiger partial charge in [0.2, 0.25) is 0 Å². The van der Waals surface area contributed by atoms with Gasteiger partial charge < -0.3 is 21.9 Å². The summed E-state index contributed by atoms with van der Waals surface area (Å²) in [7, 11) is 0. The van der Waals surface area contributed by atoms with E-state index < -0.39 is 0 Å². The molecule has 4 rings (SSSR count). The molecule has 2 aromatic carbocycles. The molecule has 0 aliphatic carbocycles. The second-order valence-electron chi connectivity index (χ2n) is 5.67. The Hall–Kier alpha value is -1.38. The van der Waals surface area contributed by atoms with Gasteiger partial charge >= 0.3 is 28.3 Å². The molecule has 0 aliphatic rings. The zero-order valence-corrected chi connectivity index (χ0v) is 18.7. The Kier molecular flexibility index (Phi) is 8.97. The first-order valence-corrected chi connectivity index (χ1v) is 10.6. The summed E-state index contributed by atoms with van der Waals surface area (Å²) in [6.07, 6.45) is 3.69. The zero-order chi connectivity index (χ0) is 19.4. The Balaban J connectivity index is 0.000000239. The third kappa shape index (κ3) is 5.33. The van der Waals surface area contributed by atoms with E-state index in [-0.39, 0.29) is 17.8 Å². The summed E-state index contributed by atoms with van der Waals surface area (Å²) in [6.45, 7) is 3.86. The Morgan fingerprint density at radius 3 is 1.85 bits per heavy atom. The van der Waals surface area contributed by atoms with Crippen molar-refractivity contribution in [1.29, 1.82) is 0 Å². The molecule has 2 aromatic heterocycles. The Morgan fingerprint density at radius 2 is 1.30 bits per heavy atom. The molecule has 0 fully saturated rings. The number of hydrogen-bond acceptors (Lipinski definition) is 2. The quantitative estimate of drug-likeness (QED) is 0.147. The molecule has 0 bridgehead atoms. The number of nitrogens with one attached hydrogen (secondary N) is 2. The molecule has 0 unspecified atom stereocenters. The van der Waals surface area contributed by atoms with Crippen LogP contribution in [0, 0.1) is 25.5 Å². The molecule has 2 heterocycles. The summed E-state index contributed by atoms with van der Waals surface area (Å²) < 4.78 is 26.5. The topological polar surface area (TPSA) is 92.6 Å². The molecule has 0 radical (unpaired) electrons. The molecular weight excluding hydrogens is 534 g/mol. The fourth-order valence-corrected chi connectivity index (χ4v) is 3.19. The van der Waals surface area contributed by atoms with Crippen LogP contribution >= 0.6 is 30.0 Å². The number of H-pyrrole nitrogens is 2. The molecule has 27 heavy (non-hydrogen) atoms. The van der Waals surface area contributed by atoms with Crippen LogP contribution in [0.5, 0.6) is 0 Å². The molecule has 7 N–H and O–H groups in total. The number of benzene rings is 2. The van der Waals surface area contributed by atoms with Gasteiger partial charge in [-0.25, -0.2) is 8.78 Å². The average molecular weight is 553 g/mol. The second-order valence-corrected chi connectivity index (χ2v) is 6.53. The van der Waals surface area contributed by atoms with Gasteiger partial charge in [0.05, 0.1) is 16.7 Å². The summed E-state index contributed by atoms with van der Waals surface area (Å²) in [6, 6.07) is 5.79. The van der Waals surface area contributed by atoms with Gasteiger partial charge in [-0.1, -0.05) is 0 Å². The number of nitrogen functional groups attached to an aromatic ring is 1. The first-order chi connectivity index (χ1) is 12.4. The predicted octanol–water partition coefficient (Wildman–Crippen LogP) is 6.58. The monoisotopic (exact) mass is 550 g/mol. The fraction of sp³-hybridized carbons (Fsp3) is 0.111. The van der Waals surface area contributed by atoms with Gasteiger partial charge in [0.15, 0.2) is 0 Å². The van der Waals surface area contributed by atoms with Crippen molar-refractivity contribution in [1.82, 2.24) is 16.1 Å². The van der Waals surface area contributed by atoms with E-state index >= 15 is 0 Å². The molecule has 150 valence electrons. The third-order valence-corrected chi connectivity index (χ3v) is 4.53. The molecule has 4 aromatic rings. The minimum absolute atomic E-state index is 0. The number of rotatable bonds is 0.